The van der Waals surface area contributed by atoms with Crippen molar-refractivity contribution in [2.24, 2.45) is 0 Å². The summed E-state index contributed by atoms with van der Waals surface area (Å²) in [6, 6.07) is 5.14. The molecule has 2 rings (SSSR count). The van der Waals surface area contributed by atoms with Gasteiger partial charge in [-0.3, -0.25) is 4.79 Å². The van der Waals surface area contributed by atoms with Gasteiger partial charge in [0, 0.05) is 37.8 Å². The van der Waals surface area contributed by atoms with Crippen LogP contribution in [0.3, 0.4) is 0 Å². The van der Waals surface area contributed by atoms with Gasteiger partial charge in [0.15, 0.2) is 0 Å². The number of sulfonamides is 1. The lowest BCUT2D eigenvalue weighted by Crippen LogP contribution is -2.47. The van der Waals surface area contributed by atoms with Crippen molar-refractivity contribution < 1.29 is 13.2 Å². The van der Waals surface area contributed by atoms with Crippen LogP contribution in [0.25, 0.3) is 0 Å². The molecule has 8 heteroatoms. The fourth-order valence-electron chi connectivity index (χ4n) is 3.27. The van der Waals surface area contributed by atoms with E-state index in [2.05, 4.69) is 5.32 Å². The number of halogens is 1. The molecule has 0 radical (unpaired) electrons. The van der Waals surface area contributed by atoms with Gasteiger partial charge in [-0.2, -0.15) is 4.31 Å². The molecule has 1 aliphatic heterocycles. The first kappa shape index (κ1) is 22.9. The highest BCUT2D eigenvalue weighted by Gasteiger charge is 2.27. The molecule has 1 saturated heterocycles. The van der Waals surface area contributed by atoms with Crippen LogP contribution < -0.4 is 5.32 Å². The number of benzene rings is 1. The Morgan fingerprint density at radius 3 is 2.54 bits per heavy atom. The minimum atomic E-state index is -3.57. The van der Waals surface area contributed by atoms with E-state index in [0.717, 1.165) is 18.4 Å². The Bertz CT molecular complexity index is 720. The van der Waals surface area contributed by atoms with Crippen LogP contribution in [0.15, 0.2) is 23.1 Å². The number of likely N-dealkylation sites (N-methyl/N-ethyl adjacent to an activating group) is 1. The molecule has 0 bridgehead atoms. The van der Waals surface area contributed by atoms with Crippen molar-refractivity contribution in [3.05, 3.63) is 29.3 Å². The third kappa shape index (κ3) is 4.76. The fraction of sp³-hybridized carbons (Fsp3) is 0.611. The van der Waals surface area contributed by atoms with Crippen molar-refractivity contribution in [3.63, 3.8) is 0 Å². The van der Waals surface area contributed by atoms with Gasteiger partial charge >= 0.3 is 0 Å². The van der Waals surface area contributed by atoms with E-state index in [1.165, 1.54) is 10.4 Å². The number of nitrogens with zero attached hydrogens (tertiary/aromatic N) is 2. The Morgan fingerprint density at radius 2 is 1.96 bits per heavy atom. The van der Waals surface area contributed by atoms with Gasteiger partial charge in [0.1, 0.15) is 0 Å². The molecule has 1 amide bonds. The average Bonchev–Trinajstić information content (AvgIpc) is 2.62. The molecule has 1 atom stereocenters. The first-order valence-corrected chi connectivity index (χ1v) is 10.4. The Kier molecular flexibility index (Phi) is 8.53. The van der Waals surface area contributed by atoms with Crippen molar-refractivity contribution in [2.45, 2.75) is 44.6 Å². The lowest BCUT2D eigenvalue weighted by Gasteiger charge is -2.33. The second-order valence-corrected chi connectivity index (χ2v) is 8.38. The molecular formula is C18H30ClN3O3S. The van der Waals surface area contributed by atoms with Gasteiger partial charge in [-0.1, -0.05) is 19.9 Å². The maximum atomic E-state index is 13.0. The molecule has 6 nitrogen and oxygen atoms in total. The minimum absolute atomic E-state index is 0. The number of likely N-dealkylation sites (tertiary alicyclic amines) is 1. The number of amides is 1. The zero-order valence-corrected chi connectivity index (χ0v) is 17.6. The van der Waals surface area contributed by atoms with Gasteiger partial charge in [-0.05, 0) is 44.5 Å². The van der Waals surface area contributed by atoms with Gasteiger partial charge in [0.25, 0.3) is 5.91 Å². The topological polar surface area (TPSA) is 69.7 Å². The number of rotatable bonds is 6. The summed E-state index contributed by atoms with van der Waals surface area (Å²) < 4.78 is 26.9. The Morgan fingerprint density at radius 1 is 1.31 bits per heavy atom. The van der Waals surface area contributed by atoms with E-state index in [-0.39, 0.29) is 23.2 Å². The van der Waals surface area contributed by atoms with E-state index in [1.807, 2.05) is 32.7 Å². The van der Waals surface area contributed by atoms with Crippen molar-refractivity contribution in [3.8, 4) is 0 Å². The van der Waals surface area contributed by atoms with Gasteiger partial charge in [0.2, 0.25) is 10.0 Å². The normalized spacial score (nSPS) is 17.9. The highest BCUT2D eigenvalue weighted by molar-refractivity contribution is 7.89. The van der Waals surface area contributed by atoms with Crippen LogP contribution in [-0.2, 0) is 10.0 Å². The standard InChI is InChI=1S/C18H29N3O3S.ClH/c1-5-21(6-2)25(23,24)16-10-9-14(3)17(12-16)18(22)20-11-7-8-15(13-20)19-4;/h9-10,12,15,19H,5-8,11,13H2,1-4H3;1H. The van der Waals surface area contributed by atoms with Crippen LogP contribution in [0.4, 0.5) is 0 Å². The highest BCUT2D eigenvalue weighted by Crippen LogP contribution is 2.22. The molecule has 1 aromatic rings. The molecule has 1 aromatic carbocycles. The van der Waals surface area contributed by atoms with E-state index in [4.69, 9.17) is 0 Å². The van der Waals surface area contributed by atoms with E-state index in [0.29, 0.717) is 37.8 Å². The van der Waals surface area contributed by atoms with Gasteiger partial charge in [-0.15, -0.1) is 12.4 Å². The molecule has 1 N–H and O–H groups in total. The predicted octanol–water partition coefficient (Wildman–Crippen LogP) is 2.27. The molecule has 0 aromatic heterocycles. The molecule has 1 fully saturated rings. The molecule has 26 heavy (non-hydrogen) atoms. The maximum absolute atomic E-state index is 13.0. The molecular weight excluding hydrogens is 374 g/mol. The Balaban J connectivity index is 0.00000338. The fourth-order valence-corrected chi connectivity index (χ4v) is 4.76. The predicted molar refractivity (Wildman–Crippen MR) is 107 cm³/mol. The average molecular weight is 404 g/mol. The lowest BCUT2D eigenvalue weighted by atomic mass is 10.0. The van der Waals surface area contributed by atoms with Crippen LogP contribution in [0.5, 0.6) is 0 Å². The molecule has 0 aliphatic carbocycles. The van der Waals surface area contributed by atoms with Crippen LogP contribution in [0.2, 0.25) is 0 Å². The Labute approximate surface area is 163 Å². The second kappa shape index (κ2) is 9.69. The number of nitrogens with one attached hydrogen (secondary N) is 1. The molecule has 1 unspecified atom stereocenters. The lowest BCUT2D eigenvalue weighted by molar-refractivity contribution is 0.0697. The number of hydrogen-bond donors (Lipinski definition) is 1. The largest absolute Gasteiger partial charge is 0.337 e. The number of carbonyl (C=O) groups excluding carboxylic acids is 1. The summed E-state index contributed by atoms with van der Waals surface area (Å²) in [5.41, 5.74) is 1.28. The van der Waals surface area contributed by atoms with Gasteiger partial charge < -0.3 is 10.2 Å². The molecule has 0 spiro atoms. The number of aryl methyl sites for hydroxylation is 1. The zero-order valence-electron chi connectivity index (χ0n) is 16.0. The molecule has 0 saturated carbocycles. The summed E-state index contributed by atoms with van der Waals surface area (Å²) >= 11 is 0. The van der Waals surface area contributed by atoms with Gasteiger partial charge in [0.05, 0.1) is 4.90 Å². The highest BCUT2D eigenvalue weighted by atomic mass is 35.5. The van der Waals surface area contributed by atoms with Crippen molar-refractivity contribution in [1.82, 2.24) is 14.5 Å². The third-order valence-corrected chi connectivity index (χ3v) is 6.95. The smallest absolute Gasteiger partial charge is 0.254 e. The quantitative estimate of drug-likeness (QED) is 0.791. The number of hydrogen-bond acceptors (Lipinski definition) is 4. The number of piperidine rings is 1. The van der Waals surface area contributed by atoms with Crippen LogP contribution in [0, 0.1) is 6.92 Å². The monoisotopic (exact) mass is 403 g/mol. The summed E-state index contributed by atoms with van der Waals surface area (Å²) in [5.74, 6) is -0.0888. The summed E-state index contributed by atoms with van der Waals surface area (Å²) in [4.78, 5) is 15.0. The molecule has 1 aliphatic rings. The first-order chi connectivity index (χ1) is 11.8. The minimum Gasteiger partial charge on any atom is -0.337 e. The first-order valence-electron chi connectivity index (χ1n) is 8.92. The van der Waals surface area contributed by atoms with E-state index < -0.39 is 10.0 Å². The van der Waals surface area contributed by atoms with Crippen LogP contribution in [-0.4, -0.2) is 62.8 Å². The second-order valence-electron chi connectivity index (χ2n) is 6.45. The van der Waals surface area contributed by atoms with E-state index >= 15 is 0 Å². The van der Waals surface area contributed by atoms with Crippen LogP contribution >= 0.6 is 12.4 Å². The van der Waals surface area contributed by atoms with Crippen molar-refractivity contribution in [2.75, 3.05) is 33.2 Å². The summed E-state index contributed by atoms with van der Waals surface area (Å²) in [5, 5.41) is 3.22. The van der Waals surface area contributed by atoms with E-state index in [1.54, 1.807) is 12.1 Å². The molecule has 1 heterocycles. The maximum Gasteiger partial charge on any atom is 0.254 e. The summed E-state index contributed by atoms with van der Waals surface area (Å²) in [6.45, 7) is 7.66. The SMILES string of the molecule is CCN(CC)S(=O)(=O)c1ccc(C)c(C(=O)N2CCCC(NC)C2)c1.Cl. The van der Waals surface area contributed by atoms with Gasteiger partial charge in [-0.25, -0.2) is 8.42 Å². The van der Waals surface area contributed by atoms with E-state index in [9.17, 15) is 13.2 Å². The van der Waals surface area contributed by atoms with Crippen molar-refractivity contribution >= 4 is 28.3 Å². The summed E-state index contributed by atoms with van der Waals surface area (Å²) in [6.07, 6.45) is 2.00. The van der Waals surface area contributed by atoms with Crippen LogP contribution in [0.1, 0.15) is 42.6 Å². The Hall–Kier alpha value is -1.15. The number of carbonyl (C=O) groups is 1. The third-order valence-electron chi connectivity index (χ3n) is 4.90. The summed E-state index contributed by atoms with van der Waals surface area (Å²) in [7, 11) is -1.67. The zero-order chi connectivity index (χ0) is 18.6. The molecule has 148 valence electrons. The van der Waals surface area contributed by atoms with Crippen molar-refractivity contribution in [1.29, 1.82) is 0 Å².